The fraction of sp³-hybridized carbons (Fsp3) is 1.00. The molecule has 18 heavy (non-hydrogen) atoms. The zero-order valence-corrected chi connectivity index (χ0v) is 13.0. The monoisotopic (exact) mass is 271 g/mol. The molecule has 1 aliphatic carbocycles. The van der Waals surface area contributed by atoms with Crippen molar-refractivity contribution in [1.29, 1.82) is 0 Å². The van der Waals surface area contributed by atoms with Gasteiger partial charge in [0, 0.05) is 30.6 Å². The van der Waals surface area contributed by atoms with Crippen LogP contribution in [0.3, 0.4) is 0 Å². The lowest BCUT2D eigenvalue weighted by molar-refractivity contribution is 0.00465. The number of hydrogen-bond donors (Lipinski definition) is 1. The Balaban J connectivity index is 1.87. The van der Waals surface area contributed by atoms with Crippen LogP contribution in [0.2, 0.25) is 0 Å². The Hall–Kier alpha value is 0.270. The molecule has 1 N–H and O–H groups in total. The van der Waals surface area contributed by atoms with Gasteiger partial charge in [-0.25, -0.2) is 0 Å². The largest absolute Gasteiger partial charge is 0.393 e. The van der Waals surface area contributed by atoms with Crippen molar-refractivity contribution in [3.8, 4) is 0 Å². The first kappa shape index (κ1) is 14.7. The SMILES string of the molecule is CCC1CN(CC2CC(C)(C)CCC2O)CCS1. The molecule has 0 aromatic rings. The Morgan fingerprint density at radius 1 is 1.39 bits per heavy atom. The summed E-state index contributed by atoms with van der Waals surface area (Å²) in [7, 11) is 0. The summed E-state index contributed by atoms with van der Waals surface area (Å²) in [4.78, 5) is 2.60. The third-order valence-corrected chi connectivity index (χ3v) is 6.02. The van der Waals surface area contributed by atoms with Crippen LogP contribution in [0.1, 0.15) is 46.5 Å². The number of aliphatic hydroxyl groups is 1. The Kier molecular flexibility index (Phi) is 5.01. The maximum atomic E-state index is 10.2. The van der Waals surface area contributed by atoms with Crippen LogP contribution in [0, 0.1) is 11.3 Å². The molecule has 0 radical (unpaired) electrons. The van der Waals surface area contributed by atoms with Crippen LogP contribution in [0.5, 0.6) is 0 Å². The van der Waals surface area contributed by atoms with E-state index in [4.69, 9.17) is 0 Å². The van der Waals surface area contributed by atoms with E-state index in [9.17, 15) is 5.11 Å². The van der Waals surface area contributed by atoms with Crippen molar-refractivity contribution in [2.75, 3.05) is 25.4 Å². The summed E-state index contributed by atoms with van der Waals surface area (Å²) in [6.07, 6.45) is 4.58. The summed E-state index contributed by atoms with van der Waals surface area (Å²) in [5, 5.41) is 11.0. The van der Waals surface area contributed by atoms with E-state index >= 15 is 0 Å². The second kappa shape index (κ2) is 6.15. The van der Waals surface area contributed by atoms with E-state index in [1.165, 1.54) is 38.1 Å². The molecule has 0 aromatic heterocycles. The van der Waals surface area contributed by atoms with Gasteiger partial charge in [0.25, 0.3) is 0 Å². The first-order valence-electron chi connectivity index (χ1n) is 7.52. The van der Waals surface area contributed by atoms with E-state index in [0.29, 0.717) is 11.3 Å². The number of aliphatic hydroxyl groups excluding tert-OH is 1. The Bertz CT molecular complexity index is 269. The third kappa shape index (κ3) is 3.88. The Labute approximate surface area is 117 Å². The van der Waals surface area contributed by atoms with Crippen LogP contribution < -0.4 is 0 Å². The van der Waals surface area contributed by atoms with E-state index in [-0.39, 0.29) is 6.10 Å². The summed E-state index contributed by atoms with van der Waals surface area (Å²) < 4.78 is 0. The quantitative estimate of drug-likeness (QED) is 0.853. The second-order valence-corrected chi connectivity index (χ2v) is 8.30. The minimum atomic E-state index is -0.0623. The molecular weight excluding hydrogens is 242 g/mol. The molecule has 1 aliphatic heterocycles. The van der Waals surface area contributed by atoms with Gasteiger partial charge in [-0.2, -0.15) is 11.8 Å². The van der Waals surface area contributed by atoms with Crippen molar-refractivity contribution < 1.29 is 5.11 Å². The van der Waals surface area contributed by atoms with Crippen LogP contribution in [0.25, 0.3) is 0 Å². The van der Waals surface area contributed by atoms with E-state index in [0.717, 1.165) is 18.2 Å². The van der Waals surface area contributed by atoms with Gasteiger partial charge >= 0.3 is 0 Å². The molecule has 1 saturated carbocycles. The molecule has 3 atom stereocenters. The van der Waals surface area contributed by atoms with Gasteiger partial charge in [-0.3, -0.25) is 0 Å². The third-order valence-electron chi connectivity index (χ3n) is 4.65. The van der Waals surface area contributed by atoms with Crippen molar-refractivity contribution in [3.63, 3.8) is 0 Å². The van der Waals surface area contributed by atoms with Crippen molar-refractivity contribution in [1.82, 2.24) is 4.90 Å². The molecule has 1 heterocycles. The highest BCUT2D eigenvalue weighted by molar-refractivity contribution is 8.00. The maximum absolute atomic E-state index is 10.2. The maximum Gasteiger partial charge on any atom is 0.0581 e. The van der Waals surface area contributed by atoms with Crippen LogP contribution in [-0.2, 0) is 0 Å². The lowest BCUT2D eigenvalue weighted by Crippen LogP contribution is -2.45. The number of rotatable bonds is 3. The van der Waals surface area contributed by atoms with E-state index in [1.54, 1.807) is 0 Å². The number of hydrogen-bond acceptors (Lipinski definition) is 3. The molecular formula is C15H29NOS. The summed E-state index contributed by atoms with van der Waals surface area (Å²) in [5.74, 6) is 1.76. The Morgan fingerprint density at radius 3 is 2.89 bits per heavy atom. The first-order valence-corrected chi connectivity index (χ1v) is 8.57. The summed E-state index contributed by atoms with van der Waals surface area (Å²) >= 11 is 2.13. The van der Waals surface area contributed by atoms with Gasteiger partial charge in [-0.05, 0) is 37.0 Å². The van der Waals surface area contributed by atoms with Crippen molar-refractivity contribution in [2.24, 2.45) is 11.3 Å². The molecule has 1 saturated heterocycles. The van der Waals surface area contributed by atoms with Crippen molar-refractivity contribution >= 4 is 11.8 Å². The minimum absolute atomic E-state index is 0.0623. The van der Waals surface area contributed by atoms with Gasteiger partial charge < -0.3 is 10.0 Å². The number of nitrogens with zero attached hydrogens (tertiary/aromatic N) is 1. The van der Waals surface area contributed by atoms with Gasteiger partial charge in [-0.1, -0.05) is 20.8 Å². The van der Waals surface area contributed by atoms with Crippen molar-refractivity contribution in [3.05, 3.63) is 0 Å². The summed E-state index contributed by atoms with van der Waals surface area (Å²) in [5.41, 5.74) is 0.429. The minimum Gasteiger partial charge on any atom is -0.393 e. The van der Waals surface area contributed by atoms with Gasteiger partial charge in [0.2, 0.25) is 0 Å². The van der Waals surface area contributed by atoms with Gasteiger partial charge in [0.05, 0.1) is 6.10 Å². The van der Waals surface area contributed by atoms with E-state index in [1.807, 2.05) is 0 Å². The van der Waals surface area contributed by atoms with Crippen LogP contribution in [-0.4, -0.2) is 46.7 Å². The van der Waals surface area contributed by atoms with Crippen LogP contribution >= 0.6 is 11.8 Å². The molecule has 0 amide bonds. The molecule has 3 heteroatoms. The van der Waals surface area contributed by atoms with Crippen LogP contribution in [0.15, 0.2) is 0 Å². The second-order valence-electron chi connectivity index (χ2n) is 6.90. The molecule has 106 valence electrons. The first-order chi connectivity index (χ1) is 8.50. The van der Waals surface area contributed by atoms with Crippen LogP contribution in [0.4, 0.5) is 0 Å². The predicted molar refractivity (Wildman–Crippen MR) is 80.1 cm³/mol. The summed E-state index contributed by atoms with van der Waals surface area (Å²) in [6.45, 7) is 10.6. The fourth-order valence-corrected chi connectivity index (χ4v) is 4.68. The van der Waals surface area contributed by atoms with Crippen molar-refractivity contribution in [2.45, 2.75) is 57.8 Å². The van der Waals surface area contributed by atoms with Gasteiger partial charge in [0.15, 0.2) is 0 Å². The molecule has 2 rings (SSSR count). The zero-order chi connectivity index (χ0) is 13.2. The fourth-order valence-electron chi connectivity index (χ4n) is 3.43. The van der Waals surface area contributed by atoms with E-state index in [2.05, 4.69) is 37.4 Å². The molecule has 0 bridgehead atoms. The standard InChI is InChI=1S/C15H29NOS/c1-4-13-11-16(7-8-18-13)10-12-9-15(2,3)6-5-14(12)17/h12-14,17H,4-11H2,1-3H3. The predicted octanol–water partition coefficient (Wildman–Crippen LogP) is 3.00. The lowest BCUT2D eigenvalue weighted by Gasteiger charge is -2.42. The molecule has 2 nitrogen and oxygen atoms in total. The molecule has 2 fully saturated rings. The highest BCUT2D eigenvalue weighted by atomic mass is 32.2. The normalized spacial score (nSPS) is 37.7. The smallest absolute Gasteiger partial charge is 0.0581 e. The number of thioether (sulfide) groups is 1. The Morgan fingerprint density at radius 2 is 2.17 bits per heavy atom. The average Bonchev–Trinajstić information content (AvgIpc) is 2.34. The van der Waals surface area contributed by atoms with E-state index < -0.39 is 0 Å². The average molecular weight is 271 g/mol. The van der Waals surface area contributed by atoms with Gasteiger partial charge in [-0.15, -0.1) is 0 Å². The summed E-state index contributed by atoms with van der Waals surface area (Å²) in [6, 6.07) is 0. The molecule has 0 aromatic carbocycles. The molecule has 2 aliphatic rings. The lowest BCUT2D eigenvalue weighted by atomic mass is 9.70. The zero-order valence-electron chi connectivity index (χ0n) is 12.2. The van der Waals surface area contributed by atoms with Gasteiger partial charge in [0.1, 0.15) is 0 Å². The molecule has 3 unspecified atom stereocenters. The topological polar surface area (TPSA) is 23.5 Å². The highest BCUT2D eigenvalue weighted by Gasteiger charge is 2.35. The molecule has 0 spiro atoms. The highest BCUT2D eigenvalue weighted by Crippen LogP contribution is 2.39.